The van der Waals surface area contributed by atoms with Crippen LogP contribution in [-0.2, 0) is 0 Å². The number of hydrogen-bond acceptors (Lipinski definition) is 3. The molecule has 0 aromatic heterocycles. The van der Waals surface area contributed by atoms with Gasteiger partial charge < -0.3 is 5.73 Å². The second-order valence-electron chi connectivity index (χ2n) is 6.23. The molecule has 3 aromatic carbocycles. The lowest BCUT2D eigenvalue weighted by molar-refractivity contribution is 1.22. The molecule has 0 spiro atoms. The van der Waals surface area contributed by atoms with Crippen molar-refractivity contribution in [3.05, 3.63) is 108 Å². The fraction of sp³-hybridized carbons (Fsp3) is 0.0435. The Morgan fingerprint density at radius 1 is 0.615 bits per heavy atom. The molecule has 0 saturated carbocycles. The first-order chi connectivity index (χ1) is 12.8. The highest BCUT2D eigenvalue weighted by Gasteiger charge is 2.14. The van der Waals surface area contributed by atoms with Gasteiger partial charge in [0, 0.05) is 17.7 Å². The summed E-state index contributed by atoms with van der Waals surface area (Å²) in [5.41, 5.74) is 12.9. The summed E-state index contributed by atoms with van der Waals surface area (Å²) in [7, 11) is 0. The number of allylic oxidation sites excluding steroid dienone is 2. The Balaban J connectivity index is 1.81. The molecule has 26 heavy (non-hydrogen) atoms. The van der Waals surface area contributed by atoms with E-state index < -0.39 is 0 Å². The summed E-state index contributed by atoms with van der Waals surface area (Å²) in [5, 5.41) is 9.12. The molecule has 0 fully saturated rings. The molecule has 3 nitrogen and oxygen atoms in total. The number of nitrogens with two attached hydrogens (primary N) is 1. The Morgan fingerprint density at radius 2 is 1.23 bits per heavy atom. The molecule has 0 aliphatic carbocycles. The summed E-state index contributed by atoms with van der Waals surface area (Å²) >= 11 is 0. The zero-order valence-electron chi connectivity index (χ0n) is 14.3. The molecule has 0 bridgehead atoms. The highest BCUT2D eigenvalue weighted by atomic mass is 15.2. The van der Waals surface area contributed by atoms with Crippen molar-refractivity contribution in [3.63, 3.8) is 0 Å². The quantitative estimate of drug-likeness (QED) is 0.676. The van der Waals surface area contributed by atoms with Gasteiger partial charge in [0.2, 0.25) is 0 Å². The Labute approximate surface area is 153 Å². The van der Waals surface area contributed by atoms with E-state index in [1.54, 1.807) is 0 Å². The highest BCUT2D eigenvalue weighted by Crippen LogP contribution is 2.25. The number of rotatable bonds is 3. The molecule has 0 saturated heterocycles. The Bertz CT molecular complexity index is 983. The molecule has 3 aromatic rings. The minimum atomic E-state index is 0.716. The average molecular weight is 337 g/mol. The number of hydrogen-bond donors (Lipinski definition) is 1. The maximum Gasteiger partial charge on any atom is 0.0932 e. The van der Waals surface area contributed by atoms with Crippen LogP contribution in [0.3, 0.4) is 0 Å². The zero-order chi connectivity index (χ0) is 17.8. The minimum Gasteiger partial charge on any atom is -0.399 e. The van der Waals surface area contributed by atoms with E-state index in [2.05, 4.69) is 52.7 Å². The normalized spacial score (nSPS) is 14.1. The molecule has 0 amide bonds. The van der Waals surface area contributed by atoms with Crippen LogP contribution in [0.4, 0.5) is 5.69 Å². The summed E-state index contributed by atoms with van der Waals surface area (Å²) in [4.78, 5) is 0. The number of anilines is 1. The summed E-state index contributed by atoms with van der Waals surface area (Å²) < 4.78 is 0. The lowest BCUT2D eigenvalue weighted by atomic mass is 9.94. The van der Waals surface area contributed by atoms with Crippen molar-refractivity contribution in [1.82, 2.24) is 0 Å². The first-order valence-corrected chi connectivity index (χ1v) is 8.61. The number of nitrogens with zero attached hydrogens (tertiary/aromatic N) is 2. The van der Waals surface area contributed by atoms with Crippen LogP contribution in [0.25, 0.3) is 5.57 Å². The van der Waals surface area contributed by atoms with Gasteiger partial charge in [-0.2, -0.15) is 10.2 Å². The number of benzene rings is 3. The van der Waals surface area contributed by atoms with Crippen molar-refractivity contribution in [2.24, 2.45) is 10.2 Å². The summed E-state index contributed by atoms with van der Waals surface area (Å²) in [6, 6.07) is 28.3. The van der Waals surface area contributed by atoms with Gasteiger partial charge in [0.05, 0.1) is 11.4 Å². The van der Waals surface area contributed by atoms with E-state index in [4.69, 9.17) is 5.73 Å². The molecular formula is C23H19N3. The second-order valence-corrected chi connectivity index (χ2v) is 6.23. The van der Waals surface area contributed by atoms with E-state index in [0.29, 0.717) is 6.42 Å². The molecule has 2 N–H and O–H groups in total. The van der Waals surface area contributed by atoms with Crippen LogP contribution in [-0.4, -0.2) is 11.4 Å². The fourth-order valence-electron chi connectivity index (χ4n) is 3.00. The van der Waals surface area contributed by atoms with Crippen molar-refractivity contribution >= 4 is 22.7 Å². The Hall–Kier alpha value is -3.46. The SMILES string of the molecule is Nc1ccc(C2=CC(c3ccccc3)=NN=C(c3ccccc3)C2)cc1. The third-order valence-electron chi connectivity index (χ3n) is 4.41. The van der Waals surface area contributed by atoms with Gasteiger partial charge in [0.25, 0.3) is 0 Å². The summed E-state index contributed by atoms with van der Waals surface area (Å²) in [5.74, 6) is 0. The fourth-order valence-corrected chi connectivity index (χ4v) is 3.00. The van der Waals surface area contributed by atoms with E-state index in [1.165, 1.54) is 5.57 Å². The van der Waals surface area contributed by atoms with Crippen LogP contribution >= 0.6 is 0 Å². The van der Waals surface area contributed by atoms with Crippen molar-refractivity contribution in [2.75, 3.05) is 5.73 Å². The van der Waals surface area contributed by atoms with Crippen molar-refractivity contribution in [1.29, 1.82) is 0 Å². The van der Waals surface area contributed by atoms with Gasteiger partial charge in [-0.1, -0.05) is 72.8 Å². The maximum absolute atomic E-state index is 5.86. The van der Waals surface area contributed by atoms with Gasteiger partial charge in [-0.15, -0.1) is 0 Å². The maximum atomic E-state index is 5.86. The predicted octanol–water partition coefficient (Wildman–Crippen LogP) is 4.95. The molecule has 3 heteroatoms. The standard InChI is InChI=1S/C23H19N3/c24-21-13-11-17(12-14-21)20-15-22(18-7-3-1-4-8-18)25-26-23(16-20)19-9-5-2-6-10-19/h1-15H,16,24H2. The molecule has 1 heterocycles. The van der Waals surface area contributed by atoms with E-state index in [-0.39, 0.29) is 0 Å². The monoisotopic (exact) mass is 337 g/mol. The van der Waals surface area contributed by atoms with Gasteiger partial charge >= 0.3 is 0 Å². The van der Waals surface area contributed by atoms with E-state index in [1.807, 2.05) is 48.5 Å². The average Bonchev–Trinajstić information content (AvgIpc) is 2.93. The molecule has 0 radical (unpaired) electrons. The Morgan fingerprint density at radius 3 is 1.88 bits per heavy atom. The molecule has 0 unspecified atom stereocenters. The second kappa shape index (κ2) is 7.19. The minimum absolute atomic E-state index is 0.716. The van der Waals surface area contributed by atoms with Gasteiger partial charge in [-0.25, -0.2) is 0 Å². The van der Waals surface area contributed by atoms with Crippen LogP contribution in [0.15, 0.2) is 101 Å². The van der Waals surface area contributed by atoms with Crippen LogP contribution in [0.2, 0.25) is 0 Å². The van der Waals surface area contributed by atoms with Gasteiger partial charge in [0.1, 0.15) is 0 Å². The van der Waals surface area contributed by atoms with Crippen LogP contribution in [0.5, 0.6) is 0 Å². The van der Waals surface area contributed by atoms with Gasteiger partial charge in [-0.3, -0.25) is 0 Å². The molecule has 0 atom stereocenters. The summed E-state index contributed by atoms with van der Waals surface area (Å²) in [6.07, 6.45) is 2.84. The third kappa shape index (κ3) is 3.47. The lowest BCUT2D eigenvalue weighted by Gasteiger charge is -2.09. The smallest absolute Gasteiger partial charge is 0.0932 e. The van der Waals surface area contributed by atoms with Crippen molar-refractivity contribution in [3.8, 4) is 0 Å². The topological polar surface area (TPSA) is 50.7 Å². The van der Waals surface area contributed by atoms with Crippen molar-refractivity contribution in [2.45, 2.75) is 6.42 Å². The van der Waals surface area contributed by atoms with Crippen LogP contribution < -0.4 is 5.73 Å². The molecule has 4 rings (SSSR count). The predicted molar refractivity (Wildman–Crippen MR) is 109 cm³/mol. The largest absolute Gasteiger partial charge is 0.399 e. The Kier molecular flexibility index (Phi) is 4.44. The van der Waals surface area contributed by atoms with Gasteiger partial charge in [0.15, 0.2) is 0 Å². The lowest BCUT2D eigenvalue weighted by Crippen LogP contribution is -2.02. The zero-order valence-corrected chi connectivity index (χ0v) is 14.3. The van der Waals surface area contributed by atoms with Crippen molar-refractivity contribution < 1.29 is 0 Å². The van der Waals surface area contributed by atoms with E-state index >= 15 is 0 Å². The highest BCUT2D eigenvalue weighted by molar-refractivity contribution is 6.17. The molecule has 1 aliphatic rings. The first-order valence-electron chi connectivity index (χ1n) is 8.61. The van der Waals surface area contributed by atoms with Crippen LogP contribution in [0.1, 0.15) is 23.1 Å². The van der Waals surface area contributed by atoms with E-state index in [0.717, 1.165) is 33.8 Å². The third-order valence-corrected chi connectivity index (χ3v) is 4.41. The molecular weight excluding hydrogens is 318 g/mol. The van der Waals surface area contributed by atoms with E-state index in [9.17, 15) is 0 Å². The molecule has 1 aliphatic heterocycles. The van der Waals surface area contributed by atoms with Gasteiger partial charge in [-0.05, 0) is 34.9 Å². The summed E-state index contributed by atoms with van der Waals surface area (Å²) in [6.45, 7) is 0. The first kappa shape index (κ1) is 16.0. The molecule has 126 valence electrons. The van der Waals surface area contributed by atoms with Crippen LogP contribution in [0, 0.1) is 0 Å². The number of nitrogen functional groups attached to an aromatic ring is 1.